The van der Waals surface area contributed by atoms with Crippen molar-refractivity contribution < 1.29 is 77.3 Å². The Hall–Kier alpha value is -10.7. The maximum atomic E-state index is 14.2. The van der Waals surface area contributed by atoms with Gasteiger partial charge in [0, 0.05) is 45.4 Å². The number of hydrogen-bond donors (Lipinski definition) is 19. The Balaban J connectivity index is 1.41. The summed E-state index contributed by atoms with van der Waals surface area (Å²) in [5.74, 6) is -13.7. The minimum atomic E-state index is -1.69. The van der Waals surface area contributed by atoms with Crippen molar-refractivity contribution in [1.82, 2.24) is 63.8 Å². The van der Waals surface area contributed by atoms with Crippen molar-refractivity contribution in [2.75, 3.05) is 39.3 Å². The van der Waals surface area contributed by atoms with Crippen LogP contribution in [0.5, 0.6) is 0 Å². The standard InChI is InChI=1S/C59H85N19O16/c60-35(49(86)66-24-10-8-18-39-55(92)76-41(28-34-15-5-2-6-16-34)57(94)78-43(30-48(84)85)51(88)70-32-46(81)72-37(53(90)74-39)20-12-26-68-59(63)64)21-22-44(79)65-23-9-7-17-38-54(91)75-40(27-33-13-3-1-4-14-33)56(93)77-42(29-47(82)83)50(87)69-31-45(80)71-36(52(89)73-38)19-11-25-67-58(61)62/h1-6,13-16,18,35-38,40-43H,7-12,17,19-32,60H2,(H,65,79)(H,66,86)(H,69,87)(H,70,88)(H,71,80)(H,72,81)(H,73,89)(H,74,90)(H,75,91)(H,76,92)(H,77,93)(H,78,94)(H,82,83)(H,84,85)(H4,61,62,67)(H4,63,64,68)/b39-18+/t35-,36-,37-,38+,40+,41+,42+,43+/m0/s1. The molecule has 2 aliphatic rings. The average Bonchev–Trinajstić information content (AvgIpc) is 1.39. The molecule has 0 spiro atoms. The number of amides is 12. The van der Waals surface area contributed by atoms with Gasteiger partial charge >= 0.3 is 11.9 Å². The van der Waals surface area contributed by atoms with Crippen LogP contribution in [0, 0.1) is 0 Å². The van der Waals surface area contributed by atoms with Crippen LogP contribution in [0.15, 0.2) is 82.4 Å². The number of hydrogen-bond acceptors (Lipinski definition) is 17. The largest absolute Gasteiger partial charge is 0.481 e. The first-order chi connectivity index (χ1) is 44.8. The lowest BCUT2D eigenvalue weighted by atomic mass is 10.0. The topological polar surface area (TPSA) is 579 Å². The lowest BCUT2D eigenvalue weighted by Crippen LogP contribution is -2.58. The van der Waals surface area contributed by atoms with E-state index in [0.717, 1.165) is 0 Å². The van der Waals surface area contributed by atoms with Crippen LogP contribution >= 0.6 is 0 Å². The van der Waals surface area contributed by atoms with E-state index in [0.29, 0.717) is 11.1 Å². The van der Waals surface area contributed by atoms with E-state index in [1.54, 1.807) is 60.7 Å². The number of allylic oxidation sites excluding steroid dienone is 1. The summed E-state index contributed by atoms with van der Waals surface area (Å²) in [7, 11) is 0. The second kappa shape index (κ2) is 40.2. The molecule has 2 saturated heterocycles. The highest BCUT2D eigenvalue weighted by atomic mass is 16.4. The first-order valence-corrected chi connectivity index (χ1v) is 30.4. The summed E-state index contributed by atoms with van der Waals surface area (Å²) in [5, 5.41) is 49.2. The van der Waals surface area contributed by atoms with Crippen LogP contribution in [-0.4, -0.2) is 193 Å². The number of carbonyl (C=O) groups is 14. The zero-order valence-corrected chi connectivity index (χ0v) is 51.7. The Bertz CT molecular complexity index is 3090. The molecule has 8 atom stereocenters. The molecule has 2 aromatic rings. The van der Waals surface area contributed by atoms with Crippen LogP contribution in [0.2, 0.25) is 0 Å². The van der Waals surface area contributed by atoms with Gasteiger partial charge in [0.05, 0.1) is 32.0 Å². The zero-order chi connectivity index (χ0) is 69.1. The van der Waals surface area contributed by atoms with E-state index in [9.17, 15) is 77.3 Å². The fourth-order valence-electron chi connectivity index (χ4n) is 9.42. The number of nitrogens with zero attached hydrogens (tertiary/aromatic N) is 2. The Morgan fingerprint density at radius 1 is 0.511 bits per heavy atom. The second-order valence-corrected chi connectivity index (χ2v) is 22.0. The Labute approximate surface area is 540 Å². The highest BCUT2D eigenvalue weighted by molar-refractivity contribution is 6.03. The van der Waals surface area contributed by atoms with Crippen molar-refractivity contribution in [3.05, 3.63) is 83.6 Å². The van der Waals surface area contributed by atoms with E-state index in [-0.39, 0.29) is 127 Å². The van der Waals surface area contributed by atoms with E-state index in [1.807, 2.05) is 0 Å². The van der Waals surface area contributed by atoms with Crippen molar-refractivity contribution in [1.29, 1.82) is 0 Å². The monoisotopic (exact) mass is 1320 g/mol. The molecule has 0 aromatic heterocycles. The molecule has 2 aliphatic heterocycles. The van der Waals surface area contributed by atoms with Crippen LogP contribution in [-0.2, 0) is 80.0 Å². The summed E-state index contributed by atoms with van der Waals surface area (Å²) >= 11 is 0. The number of unbranched alkanes of at least 4 members (excludes halogenated alkanes) is 2. The van der Waals surface area contributed by atoms with Crippen molar-refractivity contribution in [2.24, 2.45) is 38.7 Å². The van der Waals surface area contributed by atoms with Gasteiger partial charge in [-0.2, -0.15) is 0 Å². The fourth-order valence-corrected chi connectivity index (χ4v) is 9.42. The van der Waals surface area contributed by atoms with Gasteiger partial charge in [0.2, 0.25) is 65.0 Å². The van der Waals surface area contributed by atoms with Crippen LogP contribution < -0.4 is 92.5 Å². The van der Waals surface area contributed by atoms with E-state index in [4.69, 9.17) is 28.7 Å². The van der Waals surface area contributed by atoms with Gasteiger partial charge in [-0.15, -0.1) is 0 Å². The number of nitrogens with two attached hydrogens (primary N) is 5. The van der Waals surface area contributed by atoms with Gasteiger partial charge in [-0.3, -0.25) is 77.1 Å². The number of carboxylic acids is 2. The van der Waals surface area contributed by atoms with Crippen molar-refractivity contribution in [3.8, 4) is 0 Å². The number of nitrogens with one attached hydrogen (secondary N) is 12. The molecule has 2 heterocycles. The number of aliphatic carboxylic acids is 2. The highest BCUT2D eigenvalue weighted by Gasteiger charge is 2.35. The van der Waals surface area contributed by atoms with E-state index in [2.05, 4.69) is 73.8 Å². The average molecular weight is 1320 g/mol. The summed E-state index contributed by atoms with van der Waals surface area (Å²) in [5.41, 5.74) is 28.7. The van der Waals surface area contributed by atoms with Crippen LogP contribution in [0.25, 0.3) is 0 Å². The molecule has 2 aromatic carbocycles. The minimum Gasteiger partial charge on any atom is -0.481 e. The van der Waals surface area contributed by atoms with Crippen LogP contribution in [0.4, 0.5) is 0 Å². The summed E-state index contributed by atoms with van der Waals surface area (Å²) < 4.78 is 0. The minimum absolute atomic E-state index is 0.0129. The lowest BCUT2D eigenvalue weighted by Gasteiger charge is -2.26. The molecule has 35 nitrogen and oxygen atoms in total. The van der Waals surface area contributed by atoms with Crippen molar-refractivity contribution in [3.63, 3.8) is 0 Å². The molecule has 12 amide bonds. The molecular weight excluding hydrogens is 1230 g/mol. The summed E-state index contributed by atoms with van der Waals surface area (Å²) in [4.78, 5) is 194. The molecular formula is C59H85N19O16. The van der Waals surface area contributed by atoms with Gasteiger partial charge in [-0.05, 0) is 75.3 Å². The zero-order valence-electron chi connectivity index (χ0n) is 51.7. The molecule has 0 saturated carbocycles. The molecule has 24 N–H and O–H groups in total. The first-order valence-electron chi connectivity index (χ1n) is 30.4. The van der Waals surface area contributed by atoms with Crippen LogP contribution in [0.1, 0.15) is 94.6 Å². The molecule has 512 valence electrons. The third kappa shape index (κ3) is 29.0. The van der Waals surface area contributed by atoms with Crippen molar-refractivity contribution in [2.45, 2.75) is 145 Å². The van der Waals surface area contributed by atoms with E-state index >= 15 is 0 Å². The van der Waals surface area contributed by atoms with Crippen LogP contribution in [0.3, 0.4) is 0 Å². The maximum Gasteiger partial charge on any atom is 0.305 e. The first kappa shape index (κ1) is 75.7. The van der Waals surface area contributed by atoms with Gasteiger partial charge < -0.3 is 103 Å². The molecule has 35 heteroatoms. The normalized spacial score (nSPS) is 21.2. The molecule has 4 rings (SSSR count). The quantitative estimate of drug-likeness (QED) is 0.0156. The van der Waals surface area contributed by atoms with E-state index < -0.39 is 157 Å². The number of carbonyl (C=O) groups excluding carboxylic acids is 12. The third-order valence-electron chi connectivity index (χ3n) is 14.3. The smallest absolute Gasteiger partial charge is 0.305 e. The number of rotatable bonds is 29. The second-order valence-electron chi connectivity index (χ2n) is 22.0. The molecule has 94 heavy (non-hydrogen) atoms. The third-order valence-corrected chi connectivity index (χ3v) is 14.3. The summed E-state index contributed by atoms with van der Waals surface area (Å²) in [6.45, 7) is -1.30. The fraction of sp³-hybridized carbons (Fsp3) is 0.492. The summed E-state index contributed by atoms with van der Waals surface area (Å²) in [6, 6.07) is 5.46. The number of carboxylic acid groups (broad SMARTS) is 2. The van der Waals surface area contributed by atoms with Crippen molar-refractivity contribution >= 4 is 94.7 Å². The van der Waals surface area contributed by atoms with Gasteiger partial charge in [-0.1, -0.05) is 66.7 Å². The van der Waals surface area contributed by atoms with E-state index in [1.165, 1.54) is 6.08 Å². The predicted molar refractivity (Wildman–Crippen MR) is 337 cm³/mol. The molecule has 0 bridgehead atoms. The summed E-state index contributed by atoms with van der Waals surface area (Å²) in [6.07, 6.45) is -0.296. The Morgan fingerprint density at radius 3 is 1.43 bits per heavy atom. The van der Waals surface area contributed by atoms with Gasteiger partial charge in [0.25, 0.3) is 5.91 Å². The number of benzene rings is 2. The van der Waals surface area contributed by atoms with Gasteiger partial charge in [0.15, 0.2) is 11.9 Å². The maximum absolute atomic E-state index is 14.2. The molecule has 0 aliphatic carbocycles. The molecule has 0 unspecified atom stereocenters. The molecule has 2 fully saturated rings. The lowest BCUT2D eigenvalue weighted by molar-refractivity contribution is -0.141. The number of aliphatic imine (C=N–C) groups is 2. The van der Waals surface area contributed by atoms with Gasteiger partial charge in [0.1, 0.15) is 48.0 Å². The highest BCUT2D eigenvalue weighted by Crippen LogP contribution is 2.12. The molecule has 0 radical (unpaired) electrons. The Kier molecular flexibility index (Phi) is 32.4. The SMILES string of the molecule is NC(N)=NCCC[C@@H]1NC(=O)CNC(=O)[C@@H](CC(=O)O)NC(=O)[C@@H](Cc2ccccc2)NC(=O)/C(=C\CCCNC(=O)[C@@H](N)CCC(=O)NCCCC[C@H]2NC(=O)[C@H](CCCN=C(N)N)NC(=O)CNC(=O)[C@@H](CC(=O)O)NC(=O)[C@@H](Cc3ccccc3)NC2=O)NC1=O. The Morgan fingerprint density at radius 2 is 0.936 bits per heavy atom. The van der Waals surface area contributed by atoms with Gasteiger partial charge in [-0.25, -0.2) is 0 Å². The predicted octanol–water partition coefficient (Wildman–Crippen LogP) is -6.53. The number of guanidine groups is 2.